The number of halogens is 1. The summed E-state index contributed by atoms with van der Waals surface area (Å²) in [6, 6.07) is 0. The second-order valence-corrected chi connectivity index (χ2v) is 1.84. The predicted octanol–water partition coefficient (Wildman–Crippen LogP) is -0.441. The third-order valence-corrected chi connectivity index (χ3v) is 0. The molecule has 0 heterocycles. The second-order valence-electron chi connectivity index (χ2n) is 0.587. The van der Waals surface area contributed by atoms with Crippen LogP contribution in [0.3, 0.4) is 0 Å². The van der Waals surface area contributed by atoms with Crippen molar-refractivity contribution in [1.82, 2.24) is 0 Å². The molecule has 0 saturated carbocycles. The lowest BCUT2D eigenvalue weighted by Crippen LogP contribution is -2.33. The minimum absolute atomic E-state index is 0.729. The molecule has 0 atom stereocenters. The van der Waals surface area contributed by atoms with Gasteiger partial charge in [-0.1, -0.05) is 0 Å². The Morgan fingerprint density at radius 2 is 2.00 bits per heavy atom. The molecule has 2 N–H and O–H groups in total. The summed E-state index contributed by atoms with van der Waals surface area (Å²) < 4.78 is 0.729. The van der Waals surface area contributed by atoms with Gasteiger partial charge in [-0.05, 0) is 0 Å². The molecule has 0 saturated heterocycles. The average molecular weight is 123 g/mol. The standard InChI is InChI=1S/C2H4BrN/c1-2(3)4/h4H,1H3/p+1. The van der Waals surface area contributed by atoms with Crippen LogP contribution in [-0.4, -0.2) is 4.62 Å². The van der Waals surface area contributed by atoms with Gasteiger partial charge in [0.05, 0.1) is 0 Å². The van der Waals surface area contributed by atoms with Gasteiger partial charge in [0.1, 0.15) is 0 Å². The Balaban J connectivity index is 2.80. The first-order chi connectivity index (χ1) is 1.73. The van der Waals surface area contributed by atoms with E-state index in [0.29, 0.717) is 0 Å². The molecule has 24 valence electrons. The zero-order valence-corrected chi connectivity index (χ0v) is 4.04. The molecule has 0 amide bonds. The Kier molecular flexibility index (Phi) is 1.52. The second kappa shape index (κ2) is 1.47. The number of nitrogens with two attached hydrogens (primary N) is 1. The third-order valence-electron chi connectivity index (χ3n) is 0. The normalized spacial score (nSPS) is 6.50. The highest BCUT2D eigenvalue weighted by Gasteiger charge is 1.68. The SMILES string of the molecule is CC(=[NH2+])Br. The van der Waals surface area contributed by atoms with E-state index in [1.54, 1.807) is 6.92 Å². The zero-order valence-electron chi connectivity index (χ0n) is 2.46. The largest absolute Gasteiger partial charge is 0.252 e. The predicted molar refractivity (Wildman–Crippen MR) is 21.5 cm³/mol. The average Bonchev–Trinajstić information content (AvgIpc) is 0.811. The van der Waals surface area contributed by atoms with Crippen molar-refractivity contribution in [1.29, 1.82) is 0 Å². The third kappa shape index (κ3) is 126. The van der Waals surface area contributed by atoms with Gasteiger partial charge in [-0.2, -0.15) is 0 Å². The van der Waals surface area contributed by atoms with Crippen LogP contribution in [-0.2, 0) is 0 Å². The summed E-state index contributed by atoms with van der Waals surface area (Å²) in [5, 5.41) is 4.94. The van der Waals surface area contributed by atoms with E-state index in [1.807, 2.05) is 0 Å². The Labute approximate surface area is 33.7 Å². The minimum atomic E-state index is 0.729. The minimum Gasteiger partial charge on any atom is -0.252 e. The number of rotatable bonds is 0. The molecule has 0 aliphatic rings. The van der Waals surface area contributed by atoms with E-state index in [0.717, 1.165) is 4.62 Å². The van der Waals surface area contributed by atoms with Crippen molar-refractivity contribution in [2.75, 3.05) is 0 Å². The first-order valence-electron chi connectivity index (χ1n) is 0.978. The highest BCUT2D eigenvalue weighted by atomic mass is 79.9. The number of hydrogen-bond acceptors (Lipinski definition) is 0. The highest BCUT2D eigenvalue weighted by Crippen LogP contribution is 1.69. The zero-order chi connectivity index (χ0) is 3.58. The molecule has 0 bridgehead atoms. The monoisotopic (exact) mass is 122 g/mol. The fraction of sp³-hybridized carbons (Fsp3) is 0.500. The molecule has 0 rings (SSSR count). The summed E-state index contributed by atoms with van der Waals surface area (Å²) in [5.41, 5.74) is 0. The van der Waals surface area contributed by atoms with Gasteiger partial charge < -0.3 is 0 Å². The van der Waals surface area contributed by atoms with Gasteiger partial charge in [0, 0.05) is 22.9 Å². The van der Waals surface area contributed by atoms with Gasteiger partial charge >= 0.3 is 0 Å². The lowest BCUT2D eigenvalue weighted by Gasteiger charge is -1.50. The summed E-state index contributed by atoms with van der Waals surface area (Å²) in [5.74, 6) is 0. The summed E-state index contributed by atoms with van der Waals surface area (Å²) >= 11 is 2.97. The van der Waals surface area contributed by atoms with Crippen molar-refractivity contribution in [3.63, 3.8) is 0 Å². The molecule has 0 aliphatic heterocycles. The maximum absolute atomic E-state index is 4.94. The van der Waals surface area contributed by atoms with Crippen LogP contribution < -0.4 is 5.41 Å². The topological polar surface area (TPSA) is 25.6 Å². The van der Waals surface area contributed by atoms with Crippen molar-refractivity contribution >= 4 is 20.6 Å². The molecule has 0 aromatic heterocycles. The van der Waals surface area contributed by atoms with Gasteiger partial charge in [-0.25, -0.2) is 0 Å². The van der Waals surface area contributed by atoms with Crippen molar-refractivity contribution in [2.45, 2.75) is 6.92 Å². The van der Waals surface area contributed by atoms with E-state index in [2.05, 4.69) is 15.9 Å². The molecule has 0 aromatic carbocycles. The van der Waals surface area contributed by atoms with Gasteiger partial charge in [-0.3, -0.25) is 5.41 Å². The molecule has 0 radical (unpaired) electrons. The molecule has 0 spiro atoms. The first kappa shape index (κ1) is 4.15. The van der Waals surface area contributed by atoms with Crippen LogP contribution in [0.1, 0.15) is 6.92 Å². The molecule has 0 fully saturated rings. The Bertz CT molecular complexity index is 29.0. The van der Waals surface area contributed by atoms with E-state index in [1.165, 1.54) is 0 Å². The molecule has 4 heavy (non-hydrogen) atoms. The molecule has 1 nitrogen and oxygen atoms in total. The van der Waals surface area contributed by atoms with Gasteiger partial charge in [0.2, 0.25) is 4.62 Å². The maximum Gasteiger partial charge on any atom is 0.212 e. The number of hydrogen-bond donors (Lipinski definition) is 1. The van der Waals surface area contributed by atoms with Gasteiger partial charge in [0.25, 0.3) is 0 Å². The highest BCUT2D eigenvalue weighted by molar-refractivity contribution is 9.18. The maximum atomic E-state index is 4.94. The summed E-state index contributed by atoms with van der Waals surface area (Å²) in [4.78, 5) is 0. The van der Waals surface area contributed by atoms with E-state index in [9.17, 15) is 0 Å². The van der Waals surface area contributed by atoms with Crippen LogP contribution in [0.25, 0.3) is 0 Å². The Morgan fingerprint density at radius 3 is 2.00 bits per heavy atom. The van der Waals surface area contributed by atoms with E-state index < -0.39 is 0 Å². The Hall–Kier alpha value is 0.150. The van der Waals surface area contributed by atoms with Crippen LogP contribution in [0.4, 0.5) is 0 Å². The fourth-order valence-electron chi connectivity index (χ4n) is 0. The molecule has 0 unspecified atom stereocenters. The van der Waals surface area contributed by atoms with Crippen LogP contribution in [0.5, 0.6) is 0 Å². The van der Waals surface area contributed by atoms with Crippen LogP contribution in [0, 0.1) is 0 Å². The van der Waals surface area contributed by atoms with E-state index >= 15 is 0 Å². The lowest BCUT2D eigenvalue weighted by molar-refractivity contribution is -0.108. The van der Waals surface area contributed by atoms with Crippen LogP contribution in [0.2, 0.25) is 0 Å². The van der Waals surface area contributed by atoms with Gasteiger partial charge in [0.15, 0.2) is 0 Å². The summed E-state index contributed by atoms with van der Waals surface area (Å²) in [6.07, 6.45) is 0. The van der Waals surface area contributed by atoms with Crippen molar-refractivity contribution in [2.24, 2.45) is 0 Å². The van der Waals surface area contributed by atoms with Crippen molar-refractivity contribution in [3.05, 3.63) is 0 Å². The lowest BCUT2D eigenvalue weighted by atomic mass is 10.9. The fourth-order valence-corrected chi connectivity index (χ4v) is 0. The first-order valence-corrected chi connectivity index (χ1v) is 1.77. The molecule has 2 heteroatoms. The van der Waals surface area contributed by atoms with E-state index in [-0.39, 0.29) is 0 Å². The van der Waals surface area contributed by atoms with Gasteiger partial charge in [-0.15, -0.1) is 0 Å². The summed E-state index contributed by atoms with van der Waals surface area (Å²) in [7, 11) is 0. The Morgan fingerprint density at radius 1 is 2.00 bits per heavy atom. The van der Waals surface area contributed by atoms with Crippen molar-refractivity contribution in [3.8, 4) is 0 Å². The van der Waals surface area contributed by atoms with Crippen LogP contribution >= 0.6 is 15.9 Å². The quantitative estimate of drug-likeness (QED) is 0.422. The van der Waals surface area contributed by atoms with E-state index in [4.69, 9.17) is 5.41 Å². The molecule has 0 aliphatic carbocycles. The molecular weight excluding hydrogens is 118 g/mol. The summed E-state index contributed by atoms with van der Waals surface area (Å²) in [6.45, 7) is 1.78. The van der Waals surface area contributed by atoms with Crippen molar-refractivity contribution < 1.29 is 5.41 Å². The molecular formula is C2H5BrN+. The smallest absolute Gasteiger partial charge is 0.212 e. The van der Waals surface area contributed by atoms with Crippen LogP contribution in [0.15, 0.2) is 0 Å². The molecule has 0 aromatic rings.